The van der Waals surface area contributed by atoms with Crippen molar-refractivity contribution in [2.45, 2.75) is 9.10 Å². The van der Waals surface area contributed by atoms with E-state index < -0.39 is 26.0 Å². The van der Waals surface area contributed by atoms with Crippen LogP contribution in [0.1, 0.15) is 10.4 Å². The first-order chi connectivity index (χ1) is 15.2. The molecule has 0 aliphatic heterocycles. The molecule has 3 rings (SSSR count). The van der Waals surface area contributed by atoms with Crippen molar-refractivity contribution in [3.05, 3.63) is 65.5 Å². The van der Waals surface area contributed by atoms with Crippen LogP contribution >= 0.6 is 11.3 Å². The van der Waals surface area contributed by atoms with Gasteiger partial charge >= 0.3 is 0 Å². The third-order valence-corrected chi connectivity index (χ3v) is 8.15. The van der Waals surface area contributed by atoms with Gasteiger partial charge in [0.25, 0.3) is 26.0 Å². The Hall–Kier alpha value is -3.13. The van der Waals surface area contributed by atoms with Crippen molar-refractivity contribution in [2.75, 3.05) is 18.9 Å². The summed E-state index contributed by atoms with van der Waals surface area (Å²) in [4.78, 5) is 14.4. The summed E-state index contributed by atoms with van der Waals surface area (Å²) in [5.74, 6) is -0.337. The molecule has 0 aliphatic rings. The Kier molecular flexibility index (Phi) is 7.03. The maximum Gasteiger partial charge on any atom is 0.271 e. The summed E-state index contributed by atoms with van der Waals surface area (Å²) in [5.41, 5.74) is 1.99. The van der Waals surface area contributed by atoms with Crippen molar-refractivity contribution in [3.63, 3.8) is 0 Å². The van der Waals surface area contributed by atoms with E-state index in [1.54, 1.807) is 11.4 Å². The molecule has 32 heavy (non-hydrogen) atoms. The van der Waals surface area contributed by atoms with Gasteiger partial charge in [-0.3, -0.25) is 14.9 Å². The second-order valence-electron chi connectivity index (χ2n) is 6.16. The van der Waals surface area contributed by atoms with E-state index in [2.05, 4.69) is 10.1 Å². The second kappa shape index (κ2) is 9.56. The molecule has 0 saturated heterocycles. The number of carbonyl (C=O) groups excluding carboxylic acids is 1. The highest BCUT2D eigenvalue weighted by atomic mass is 32.2. The highest BCUT2D eigenvalue weighted by Crippen LogP contribution is 2.29. The van der Waals surface area contributed by atoms with E-state index >= 15 is 0 Å². The third-order valence-electron chi connectivity index (χ3n) is 4.14. The predicted molar refractivity (Wildman–Crippen MR) is 119 cm³/mol. The summed E-state index contributed by atoms with van der Waals surface area (Å²) in [6, 6.07) is 12.7. The van der Waals surface area contributed by atoms with Gasteiger partial charge in [0.2, 0.25) is 0 Å². The van der Waals surface area contributed by atoms with Gasteiger partial charge in [0.05, 0.1) is 30.4 Å². The molecule has 0 saturated carbocycles. The second-order valence-corrected chi connectivity index (χ2v) is 10.7. The van der Waals surface area contributed by atoms with Gasteiger partial charge in [-0.1, -0.05) is 18.2 Å². The number of sulfonamides is 2. The summed E-state index contributed by atoms with van der Waals surface area (Å²) >= 11 is 1.02. The number of rotatable bonds is 9. The zero-order chi connectivity index (χ0) is 23.4. The predicted octanol–water partition coefficient (Wildman–Crippen LogP) is 2.19. The highest BCUT2D eigenvalue weighted by molar-refractivity contribution is 7.94. The van der Waals surface area contributed by atoms with E-state index in [1.165, 1.54) is 62.8 Å². The van der Waals surface area contributed by atoms with E-state index in [1.807, 2.05) is 4.83 Å². The van der Waals surface area contributed by atoms with Crippen LogP contribution in [0.25, 0.3) is 0 Å². The molecular weight excluding hydrogens is 478 g/mol. The van der Waals surface area contributed by atoms with Gasteiger partial charge in [-0.25, -0.2) is 16.8 Å². The zero-order valence-corrected chi connectivity index (χ0v) is 19.3. The molecule has 1 aromatic heterocycles. The van der Waals surface area contributed by atoms with E-state index in [0.717, 1.165) is 11.3 Å². The molecule has 0 radical (unpaired) electrons. The lowest BCUT2D eigenvalue weighted by Gasteiger charge is -2.13. The Morgan fingerprint density at radius 3 is 2.25 bits per heavy atom. The monoisotopic (exact) mass is 497 g/mol. The average Bonchev–Trinajstić information content (AvgIpc) is 3.33. The molecule has 1 amide bonds. The van der Waals surface area contributed by atoms with Gasteiger partial charge in [0.1, 0.15) is 4.21 Å². The molecule has 0 aliphatic carbocycles. The number of nitrogens with one attached hydrogen (secondary N) is 3. The van der Waals surface area contributed by atoms with Crippen molar-refractivity contribution in [1.29, 1.82) is 0 Å². The first kappa shape index (κ1) is 23.5. The van der Waals surface area contributed by atoms with Crippen LogP contribution in [0.5, 0.6) is 11.5 Å². The molecule has 170 valence electrons. The molecule has 0 spiro atoms. The van der Waals surface area contributed by atoms with E-state index in [4.69, 9.17) is 9.47 Å². The van der Waals surface area contributed by atoms with E-state index in [9.17, 15) is 21.6 Å². The Balaban J connectivity index is 1.78. The van der Waals surface area contributed by atoms with E-state index in [-0.39, 0.29) is 26.1 Å². The molecule has 13 heteroatoms. The van der Waals surface area contributed by atoms with E-state index in [0.29, 0.717) is 5.75 Å². The first-order valence-corrected chi connectivity index (χ1v) is 12.7. The molecule has 0 atom stereocenters. The van der Waals surface area contributed by atoms with Gasteiger partial charge in [0, 0.05) is 6.07 Å². The Labute approximate surface area is 189 Å². The number of carbonyl (C=O) groups is 1. The fraction of sp³-hybridized carbons (Fsp3) is 0.105. The number of amides is 1. The summed E-state index contributed by atoms with van der Waals surface area (Å²) in [6.45, 7) is 0. The lowest BCUT2D eigenvalue weighted by Crippen LogP contribution is -2.41. The van der Waals surface area contributed by atoms with Gasteiger partial charge < -0.3 is 9.47 Å². The molecule has 3 N–H and O–H groups in total. The van der Waals surface area contributed by atoms with Crippen molar-refractivity contribution in [1.82, 2.24) is 10.3 Å². The number of ether oxygens (including phenoxy) is 2. The number of anilines is 1. The van der Waals surface area contributed by atoms with Crippen molar-refractivity contribution < 1.29 is 31.1 Å². The Bertz CT molecular complexity index is 1320. The molecule has 0 bridgehead atoms. The van der Waals surface area contributed by atoms with Crippen LogP contribution in [-0.4, -0.2) is 37.0 Å². The normalized spacial score (nSPS) is 11.6. The summed E-state index contributed by atoms with van der Waals surface area (Å²) in [7, 11) is -5.29. The fourth-order valence-corrected chi connectivity index (χ4v) is 5.53. The van der Waals surface area contributed by atoms with Crippen molar-refractivity contribution >= 4 is 43.0 Å². The molecular formula is C19H19N3O7S3. The largest absolute Gasteiger partial charge is 0.493 e. The SMILES string of the molecule is COc1ccc(S(=O)(=O)NNC(=O)c2ccccc2NS(=O)(=O)c2cccs2)cc1OC. The van der Waals surface area contributed by atoms with Crippen LogP contribution in [0.3, 0.4) is 0 Å². The van der Waals surface area contributed by atoms with Crippen molar-refractivity contribution in [2.24, 2.45) is 0 Å². The highest BCUT2D eigenvalue weighted by Gasteiger charge is 2.22. The minimum Gasteiger partial charge on any atom is -0.493 e. The van der Waals surface area contributed by atoms with Gasteiger partial charge in [0.15, 0.2) is 11.5 Å². The fourth-order valence-electron chi connectivity index (χ4n) is 2.61. The van der Waals surface area contributed by atoms with Crippen LogP contribution in [-0.2, 0) is 20.0 Å². The molecule has 3 aromatic rings. The summed E-state index contributed by atoms with van der Waals surface area (Å²) in [5, 5.41) is 1.61. The number of para-hydroxylation sites is 1. The average molecular weight is 498 g/mol. The lowest BCUT2D eigenvalue weighted by molar-refractivity contribution is 0.0946. The Morgan fingerprint density at radius 2 is 1.59 bits per heavy atom. The lowest BCUT2D eigenvalue weighted by atomic mass is 10.2. The molecule has 0 unspecified atom stereocenters. The topological polar surface area (TPSA) is 140 Å². The van der Waals surface area contributed by atoms with Crippen LogP contribution in [0, 0.1) is 0 Å². The van der Waals surface area contributed by atoms with Gasteiger partial charge in [-0.2, -0.15) is 0 Å². The number of hydrogen-bond donors (Lipinski definition) is 3. The van der Waals surface area contributed by atoms with Crippen LogP contribution in [0.15, 0.2) is 69.1 Å². The minimum absolute atomic E-state index is 0.0104. The zero-order valence-electron chi connectivity index (χ0n) is 16.9. The van der Waals surface area contributed by atoms with Crippen LogP contribution in [0.4, 0.5) is 5.69 Å². The summed E-state index contributed by atoms with van der Waals surface area (Å²) in [6.07, 6.45) is 0. The number of hydrazine groups is 1. The van der Waals surface area contributed by atoms with Crippen LogP contribution < -0.4 is 24.5 Å². The Morgan fingerprint density at radius 1 is 0.875 bits per heavy atom. The smallest absolute Gasteiger partial charge is 0.271 e. The van der Waals surface area contributed by atoms with Gasteiger partial charge in [-0.15, -0.1) is 16.2 Å². The number of thiophene rings is 1. The molecule has 1 heterocycles. The molecule has 0 fully saturated rings. The minimum atomic E-state index is -4.16. The van der Waals surface area contributed by atoms with Crippen LogP contribution in [0.2, 0.25) is 0 Å². The van der Waals surface area contributed by atoms with Crippen molar-refractivity contribution in [3.8, 4) is 11.5 Å². The molecule has 10 nitrogen and oxygen atoms in total. The standard InChI is InChI=1S/C19H19N3O7S3/c1-28-16-10-9-13(12-17(16)29-2)31(24,25)22-20-19(23)14-6-3-4-7-15(14)21-32(26,27)18-8-5-11-30-18/h3-12,21-22H,1-2H3,(H,20,23). The number of hydrogen-bond acceptors (Lipinski definition) is 8. The summed E-state index contributed by atoms with van der Waals surface area (Å²) < 4.78 is 62.7. The maximum absolute atomic E-state index is 12.6. The third kappa shape index (κ3) is 5.19. The van der Waals surface area contributed by atoms with Gasteiger partial charge in [-0.05, 0) is 35.7 Å². The maximum atomic E-state index is 12.6. The number of methoxy groups -OCH3 is 2. The number of benzene rings is 2. The first-order valence-electron chi connectivity index (χ1n) is 8.87. The quantitative estimate of drug-likeness (QED) is 0.385. The molecule has 2 aromatic carbocycles.